The van der Waals surface area contributed by atoms with E-state index in [1.54, 1.807) is 0 Å². The molecule has 1 rings (SSSR count). The third-order valence-electron chi connectivity index (χ3n) is 3.73. The average Bonchev–Trinajstić information content (AvgIpc) is 2.32. The fraction of sp³-hybridized carbons (Fsp3) is 0.833. The number of rotatable bonds is 4. The molecule has 0 unspecified atom stereocenters. The molecule has 0 aliphatic carbocycles. The fourth-order valence-electron chi connectivity index (χ4n) is 2.41. The van der Waals surface area contributed by atoms with E-state index in [0.29, 0.717) is 17.8 Å². The van der Waals surface area contributed by atoms with Gasteiger partial charge in [0.05, 0.1) is 10.4 Å². The third kappa shape index (κ3) is 2.37. The molecule has 2 N–H and O–H groups in total. The molecule has 0 saturated carbocycles. The Morgan fingerprint density at radius 3 is 2.12 bits per heavy atom. The van der Waals surface area contributed by atoms with E-state index in [-0.39, 0.29) is 5.91 Å². The predicted molar refractivity (Wildman–Crippen MR) is 70.2 cm³/mol. The minimum atomic E-state index is -0.604. The van der Waals surface area contributed by atoms with Crippen LogP contribution < -0.4 is 5.73 Å². The van der Waals surface area contributed by atoms with Gasteiger partial charge in [-0.05, 0) is 32.1 Å². The van der Waals surface area contributed by atoms with Gasteiger partial charge in [0, 0.05) is 13.1 Å². The van der Waals surface area contributed by atoms with E-state index in [2.05, 4.69) is 0 Å². The second-order valence-corrected chi connectivity index (χ2v) is 4.95. The van der Waals surface area contributed by atoms with Gasteiger partial charge in [0.1, 0.15) is 0 Å². The number of piperidine rings is 1. The predicted octanol–water partition coefficient (Wildman–Crippen LogP) is 2.09. The summed E-state index contributed by atoms with van der Waals surface area (Å²) in [6.45, 7) is 5.71. The summed E-state index contributed by atoms with van der Waals surface area (Å²) in [5, 5.41) is 0. The Hall–Kier alpha value is -0.640. The van der Waals surface area contributed by atoms with Gasteiger partial charge in [-0.3, -0.25) is 4.79 Å². The van der Waals surface area contributed by atoms with Crippen molar-refractivity contribution >= 4 is 23.1 Å². The van der Waals surface area contributed by atoms with Crippen molar-refractivity contribution < 1.29 is 4.79 Å². The minimum absolute atomic E-state index is 0.143. The molecule has 0 spiro atoms. The highest BCUT2D eigenvalue weighted by molar-refractivity contribution is 7.80. The molecule has 0 bridgehead atoms. The third-order valence-corrected chi connectivity index (χ3v) is 4.12. The molecule has 1 fully saturated rings. The number of hydrogen-bond donors (Lipinski definition) is 1. The molecule has 16 heavy (non-hydrogen) atoms. The molecule has 3 nitrogen and oxygen atoms in total. The SMILES string of the molecule is CCC(CC)(C(=O)N1CCCCC1)C(N)=S. The summed E-state index contributed by atoms with van der Waals surface area (Å²) >= 11 is 5.10. The van der Waals surface area contributed by atoms with Crippen LogP contribution in [0.4, 0.5) is 0 Å². The van der Waals surface area contributed by atoms with E-state index >= 15 is 0 Å². The molecule has 4 heteroatoms. The average molecular weight is 242 g/mol. The maximum Gasteiger partial charge on any atom is 0.235 e. The second kappa shape index (κ2) is 5.62. The van der Waals surface area contributed by atoms with E-state index in [9.17, 15) is 4.79 Å². The fourth-order valence-corrected chi connectivity index (χ4v) is 2.78. The summed E-state index contributed by atoms with van der Waals surface area (Å²) in [7, 11) is 0. The van der Waals surface area contributed by atoms with Crippen molar-refractivity contribution in [3.63, 3.8) is 0 Å². The maximum absolute atomic E-state index is 12.5. The number of hydrogen-bond acceptors (Lipinski definition) is 2. The number of carbonyl (C=O) groups excluding carboxylic acids is 1. The van der Waals surface area contributed by atoms with Crippen LogP contribution >= 0.6 is 12.2 Å². The largest absolute Gasteiger partial charge is 0.392 e. The monoisotopic (exact) mass is 242 g/mol. The van der Waals surface area contributed by atoms with E-state index < -0.39 is 5.41 Å². The lowest BCUT2D eigenvalue weighted by molar-refractivity contribution is -0.139. The molecule has 1 aliphatic heterocycles. The summed E-state index contributed by atoms with van der Waals surface area (Å²) < 4.78 is 0. The van der Waals surface area contributed by atoms with Crippen molar-refractivity contribution in [2.75, 3.05) is 13.1 Å². The first-order valence-electron chi connectivity index (χ1n) is 6.17. The Morgan fingerprint density at radius 2 is 1.75 bits per heavy atom. The zero-order valence-electron chi connectivity index (χ0n) is 10.3. The molecule has 1 heterocycles. The van der Waals surface area contributed by atoms with Crippen molar-refractivity contribution in [1.29, 1.82) is 0 Å². The number of likely N-dealkylation sites (tertiary alicyclic amines) is 1. The molecule has 0 aromatic heterocycles. The van der Waals surface area contributed by atoms with Gasteiger partial charge < -0.3 is 10.6 Å². The Labute approximate surface area is 103 Å². The Morgan fingerprint density at radius 1 is 1.25 bits per heavy atom. The number of nitrogens with zero attached hydrogens (tertiary/aromatic N) is 1. The lowest BCUT2D eigenvalue weighted by Crippen LogP contribution is -2.51. The zero-order chi connectivity index (χ0) is 12.2. The maximum atomic E-state index is 12.5. The highest BCUT2D eigenvalue weighted by Crippen LogP contribution is 2.30. The van der Waals surface area contributed by atoms with Gasteiger partial charge in [-0.15, -0.1) is 0 Å². The quantitative estimate of drug-likeness (QED) is 0.768. The molecule has 1 saturated heterocycles. The Kier molecular flexibility index (Phi) is 4.71. The first-order valence-corrected chi connectivity index (χ1v) is 6.58. The summed E-state index contributed by atoms with van der Waals surface area (Å²) in [5.41, 5.74) is 5.18. The van der Waals surface area contributed by atoms with Crippen LogP contribution in [0.3, 0.4) is 0 Å². The topological polar surface area (TPSA) is 46.3 Å². The number of nitrogens with two attached hydrogens (primary N) is 1. The molecule has 1 amide bonds. The Balaban J connectivity index is 2.85. The summed E-state index contributed by atoms with van der Waals surface area (Å²) in [6.07, 6.45) is 4.84. The van der Waals surface area contributed by atoms with Crippen LogP contribution in [0.1, 0.15) is 46.0 Å². The highest BCUT2D eigenvalue weighted by Gasteiger charge is 2.41. The zero-order valence-corrected chi connectivity index (χ0v) is 11.1. The van der Waals surface area contributed by atoms with Crippen molar-refractivity contribution in [3.8, 4) is 0 Å². The van der Waals surface area contributed by atoms with Gasteiger partial charge in [-0.25, -0.2) is 0 Å². The van der Waals surface area contributed by atoms with Gasteiger partial charge in [0.15, 0.2) is 0 Å². The van der Waals surface area contributed by atoms with Gasteiger partial charge in [0.2, 0.25) is 5.91 Å². The smallest absolute Gasteiger partial charge is 0.235 e. The molecule has 0 atom stereocenters. The van der Waals surface area contributed by atoms with Gasteiger partial charge in [-0.1, -0.05) is 26.1 Å². The lowest BCUT2D eigenvalue weighted by atomic mass is 9.80. The number of carbonyl (C=O) groups is 1. The summed E-state index contributed by atoms with van der Waals surface area (Å²) in [5.74, 6) is 0.143. The molecular formula is C12H22N2OS. The van der Waals surface area contributed by atoms with E-state index in [0.717, 1.165) is 25.9 Å². The molecular weight excluding hydrogens is 220 g/mol. The van der Waals surface area contributed by atoms with Crippen LogP contribution in [0.5, 0.6) is 0 Å². The van der Waals surface area contributed by atoms with Gasteiger partial charge in [-0.2, -0.15) is 0 Å². The van der Waals surface area contributed by atoms with Crippen LogP contribution in [-0.2, 0) is 4.79 Å². The molecule has 0 radical (unpaired) electrons. The molecule has 0 aromatic carbocycles. The highest BCUT2D eigenvalue weighted by atomic mass is 32.1. The van der Waals surface area contributed by atoms with Crippen LogP contribution in [0, 0.1) is 5.41 Å². The first-order chi connectivity index (χ1) is 7.58. The van der Waals surface area contributed by atoms with Crippen LogP contribution in [-0.4, -0.2) is 28.9 Å². The minimum Gasteiger partial charge on any atom is -0.392 e. The standard InChI is InChI=1S/C12H22N2OS/c1-3-12(4-2,10(13)16)11(15)14-8-6-5-7-9-14/h3-9H2,1-2H3,(H2,13,16). The van der Waals surface area contributed by atoms with E-state index in [1.807, 2.05) is 18.7 Å². The van der Waals surface area contributed by atoms with Crippen LogP contribution in [0.2, 0.25) is 0 Å². The van der Waals surface area contributed by atoms with Crippen molar-refractivity contribution in [2.24, 2.45) is 11.1 Å². The Bertz CT molecular complexity index is 268. The van der Waals surface area contributed by atoms with Crippen molar-refractivity contribution in [1.82, 2.24) is 4.90 Å². The number of thiocarbonyl (C=S) groups is 1. The van der Waals surface area contributed by atoms with E-state index in [1.165, 1.54) is 6.42 Å². The van der Waals surface area contributed by atoms with Gasteiger partial charge >= 0.3 is 0 Å². The lowest BCUT2D eigenvalue weighted by Gasteiger charge is -2.37. The molecule has 0 aromatic rings. The van der Waals surface area contributed by atoms with Crippen molar-refractivity contribution in [2.45, 2.75) is 46.0 Å². The number of amides is 1. The normalized spacial score (nSPS) is 17.2. The molecule has 1 aliphatic rings. The van der Waals surface area contributed by atoms with Gasteiger partial charge in [0.25, 0.3) is 0 Å². The van der Waals surface area contributed by atoms with Crippen LogP contribution in [0.15, 0.2) is 0 Å². The van der Waals surface area contributed by atoms with E-state index in [4.69, 9.17) is 18.0 Å². The van der Waals surface area contributed by atoms with Crippen LogP contribution in [0.25, 0.3) is 0 Å². The molecule has 92 valence electrons. The first kappa shape index (κ1) is 13.4. The second-order valence-electron chi connectivity index (χ2n) is 4.51. The summed E-state index contributed by atoms with van der Waals surface area (Å²) in [6, 6.07) is 0. The van der Waals surface area contributed by atoms with Crippen molar-refractivity contribution in [3.05, 3.63) is 0 Å². The summed E-state index contributed by atoms with van der Waals surface area (Å²) in [4.78, 5) is 14.8.